The SMILES string of the molecule is Cc1cc2nc(C(Cl)Cl)nc(-c3ccc(S(=O)(=O)N4CCCCCC4)cc3)n2n1. The van der Waals surface area contributed by atoms with Gasteiger partial charge in [-0.15, -0.1) is 0 Å². The minimum absolute atomic E-state index is 0.275. The highest BCUT2D eigenvalue weighted by Crippen LogP contribution is 2.27. The number of hydrogen-bond acceptors (Lipinski definition) is 5. The van der Waals surface area contributed by atoms with Crippen molar-refractivity contribution in [1.82, 2.24) is 23.9 Å². The van der Waals surface area contributed by atoms with Gasteiger partial charge < -0.3 is 0 Å². The number of halogens is 2. The van der Waals surface area contributed by atoms with Gasteiger partial charge in [0.2, 0.25) is 10.0 Å². The number of aromatic nitrogens is 4. The first-order valence-electron chi connectivity index (χ1n) is 9.49. The Labute approximate surface area is 179 Å². The second-order valence-corrected chi connectivity index (χ2v) is 10.1. The smallest absolute Gasteiger partial charge is 0.211 e. The molecule has 1 fully saturated rings. The van der Waals surface area contributed by atoms with E-state index in [1.807, 2.05) is 13.0 Å². The molecule has 0 radical (unpaired) electrons. The van der Waals surface area contributed by atoms with Gasteiger partial charge in [-0.2, -0.15) is 13.9 Å². The highest BCUT2D eigenvalue weighted by atomic mass is 35.5. The van der Waals surface area contributed by atoms with Crippen molar-refractivity contribution < 1.29 is 8.42 Å². The summed E-state index contributed by atoms with van der Waals surface area (Å²) in [7, 11) is -3.51. The second-order valence-electron chi connectivity index (χ2n) is 7.10. The molecular weight excluding hydrogens is 433 g/mol. The van der Waals surface area contributed by atoms with Crippen LogP contribution in [-0.2, 0) is 10.0 Å². The van der Waals surface area contributed by atoms with Crippen molar-refractivity contribution in [2.24, 2.45) is 0 Å². The zero-order valence-corrected chi connectivity index (χ0v) is 18.3. The van der Waals surface area contributed by atoms with Gasteiger partial charge in [-0.05, 0) is 44.0 Å². The molecule has 4 rings (SSSR count). The van der Waals surface area contributed by atoms with Gasteiger partial charge in [0.1, 0.15) is 0 Å². The molecule has 1 saturated heterocycles. The Balaban J connectivity index is 1.73. The molecule has 3 heterocycles. The number of benzene rings is 1. The molecule has 3 aromatic rings. The van der Waals surface area contributed by atoms with E-state index >= 15 is 0 Å². The van der Waals surface area contributed by atoms with Gasteiger partial charge in [-0.3, -0.25) is 0 Å². The zero-order valence-electron chi connectivity index (χ0n) is 15.9. The summed E-state index contributed by atoms with van der Waals surface area (Å²) >= 11 is 12.0. The molecule has 10 heteroatoms. The van der Waals surface area contributed by atoms with Crippen LogP contribution < -0.4 is 0 Å². The summed E-state index contributed by atoms with van der Waals surface area (Å²) in [5.74, 6) is 0.778. The lowest BCUT2D eigenvalue weighted by molar-refractivity contribution is 0.424. The maximum Gasteiger partial charge on any atom is 0.243 e. The molecule has 0 spiro atoms. The Morgan fingerprint density at radius 3 is 2.28 bits per heavy atom. The van der Waals surface area contributed by atoms with E-state index in [1.165, 1.54) is 0 Å². The first-order chi connectivity index (χ1) is 13.9. The van der Waals surface area contributed by atoms with E-state index in [4.69, 9.17) is 23.2 Å². The quantitative estimate of drug-likeness (QED) is 0.554. The predicted molar refractivity (Wildman–Crippen MR) is 113 cm³/mol. The van der Waals surface area contributed by atoms with Gasteiger partial charge >= 0.3 is 0 Å². The average molecular weight is 454 g/mol. The van der Waals surface area contributed by atoms with Crippen molar-refractivity contribution in [2.75, 3.05) is 13.1 Å². The second kappa shape index (κ2) is 8.18. The number of nitrogens with zero attached hydrogens (tertiary/aromatic N) is 5. The highest BCUT2D eigenvalue weighted by molar-refractivity contribution is 7.89. The van der Waals surface area contributed by atoms with Gasteiger partial charge in [0.15, 0.2) is 22.1 Å². The van der Waals surface area contributed by atoms with Crippen molar-refractivity contribution in [3.05, 3.63) is 41.9 Å². The monoisotopic (exact) mass is 453 g/mol. The van der Waals surface area contributed by atoms with E-state index < -0.39 is 14.9 Å². The summed E-state index contributed by atoms with van der Waals surface area (Å²) in [4.78, 5) is 8.17. The third-order valence-electron chi connectivity index (χ3n) is 4.97. The van der Waals surface area contributed by atoms with Gasteiger partial charge in [-0.25, -0.2) is 18.4 Å². The molecule has 0 atom stereocenters. The van der Waals surface area contributed by atoms with Gasteiger partial charge in [0.05, 0.1) is 10.6 Å². The van der Waals surface area contributed by atoms with E-state index in [9.17, 15) is 8.42 Å². The summed E-state index contributed by atoms with van der Waals surface area (Å²) in [5, 5.41) is 4.42. The third kappa shape index (κ3) is 4.12. The lowest BCUT2D eigenvalue weighted by Gasteiger charge is -2.20. The van der Waals surface area contributed by atoms with Crippen LogP contribution in [-0.4, -0.2) is 45.4 Å². The van der Waals surface area contributed by atoms with E-state index in [2.05, 4.69) is 15.1 Å². The van der Waals surface area contributed by atoms with Crippen LogP contribution in [0, 0.1) is 6.92 Å². The Kier molecular flexibility index (Phi) is 5.79. The molecular formula is C19H21Cl2N5O2S. The molecule has 29 heavy (non-hydrogen) atoms. The predicted octanol–water partition coefficient (Wildman–Crippen LogP) is 4.14. The fraction of sp³-hybridized carbons (Fsp3) is 0.421. The Hall–Kier alpha value is -1.74. The molecule has 0 bridgehead atoms. The number of alkyl halides is 2. The lowest BCUT2D eigenvalue weighted by atomic mass is 10.2. The topological polar surface area (TPSA) is 80.5 Å². The van der Waals surface area contributed by atoms with E-state index in [0.717, 1.165) is 31.4 Å². The van der Waals surface area contributed by atoms with Crippen LogP contribution in [0.5, 0.6) is 0 Å². The van der Waals surface area contributed by atoms with Gasteiger partial charge in [0, 0.05) is 24.7 Å². The minimum Gasteiger partial charge on any atom is -0.211 e. The fourth-order valence-corrected chi connectivity index (χ4v) is 5.22. The maximum atomic E-state index is 13.0. The molecule has 1 aromatic carbocycles. The Bertz CT molecular complexity index is 1120. The number of rotatable bonds is 4. The molecule has 1 aliphatic rings. The summed E-state index contributed by atoms with van der Waals surface area (Å²) < 4.78 is 29.2. The van der Waals surface area contributed by atoms with Crippen molar-refractivity contribution in [1.29, 1.82) is 0 Å². The highest BCUT2D eigenvalue weighted by Gasteiger charge is 2.25. The standard InChI is InChI=1S/C19H21Cl2N5O2S/c1-13-12-16-22-18(17(20)21)23-19(26(16)24-13)14-6-8-15(9-7-14)29(27,28)25-10-4-2-3-5-11-25/h6-9,12,17H,2-5,10-11H2,1H3. The van der Waals surface area contributed by atoms with Crippen LogP contribution in [0.2, 0.25) is 0 Å². The molecule has 2 aromatic heterocycles. The molecule has 154 valence electrons. The van der Waals surface area contributed by atoms with Gasteiger partial charge in [0.25, 0.3) is 0 Å². The number of hydrogen-bond donors (Lipinski definition) is 0. The molecule has 1 aliphatic heterocycles. The van der Waals surface area contributed by atoms with Crippen LogP contribution in [0.3, 0.4) is 0 Å². The summed E-state index contributed by atoms with van der Waals surface area (Å²) in [6, 6.07) is 8.48. The Morgan fingerprint density at radius 2 is 1.66 bits per heavy atom. The first kappa shape index (κ1) is 20.5. The van der Waals surface area contributed by atoms with Gasteiger partial charge in [-0.1, -0.05) is 36.0 Å². The molecule has 0 unspecified atom stereocenters. The molecule has 0 amide bonds. The summed E-state index contributed by atoms with van der Waals surface area (Å²) in [6.45, 7) is 2.99. The largest absolute Gasteiger partial charge is 0.243 e. The average Bonchev–Trinajstić information content (AvgIpc) is 2.89. The Morgan fingerprint density at radius 1 is 1.00 bits per heavy atom. The fourth-order valence-electron chi connectivity index (χ4n) is 3.51. The van der Waals surface area contributed by atoms with E-state index in [0.29, 0.717) is 30.1 Å². The van der Waals surface area contributed by atoms with Crippen molar-refractivity contribution in [3.8, 4) is 11.4 Å². The molecule has 0 saturated carbocycles. The first-order valence-corrected chi connectivity index (χ1v) is 11.8. The van der Waals surface area contributed by atoms with Crippen LogP contribution in [0.15, 0.2) is 35.2 Å². The van der Waals surface area contributed by atoms with Crippen LogP contribution >= 0.6 is 23.2 Å². The van der Waals surface area contributed by atoms with E-state index in [1.54, 1.807) is 33.1 Å². The van der Waals surface area contributed by atoms with Crippen molar-refractivity contribution in [3.63, 3.8) is 0 Å². The van der Waals surface area contributed by atoms with Crippen LogP contribution in [0.4, 0.5) is 0 Å². The lowest BCUT2D eigenvalue weighted by Crippen LogP contribution is -2.31. The zero-order chi connectivity index (χ0) is 20.6. The molecule has 0 N–H and O–H groups in total. The maximum absolute atomic E-state index is 13.0. The molecule has 7 nitrogen and oxygen atoms in total. The van der Waals surface area contributed by atoms with E-state index in [-0.39, 0.29) is 10.7 Å². The minimum atomic E-state index is -3.51. The third-order valence-corrected chi connectivity index (χ3v) is 7.28. The number of fused-ring (bicyclic) bond motifs is 1. The number of aryl methyl sites for hydroxylation is 1. The summed E-state index contributed by atoms with van der Waals surface area (Å²) in [5.41, 5.74) is 2.05. The normalized spacial score (nSPS) is 16.4. The van der Waals surface area contributed by atoms with Crippen molar-refractivity contribution in [2.45, 2.75) is 42.3 Å². The van der Waals surface area contributed by atoms with Crippen LogP contribution in [0.25, 0.3) is 17.0 Å². The van der Waals surface area contributed by atoms with Crippen LogP contribution in [0.1, 0.15) is 42.0 Å². The summed E-state index contributed by atoms with van der Waals surface area (Å²) in [6.07, 6.45) is 3.94. The van der Waals surface area contributed by atoms with Crippen molar-refractivity contribution >= 4 is 38.9 Å². The number of sulfonamides is 1. The molecule has 0 aliphatic carbocycles.